The summed E-state index contributed by atoms with van der Waals surface area (Å²) in [7, 11) is 0. The molecule has 0 aliphatic carbocycles. The Bertz CT molecular complexity index is 529. The van der Waals surface area contributed by atoms with Crippen LogP contribution >= 0.6 is 15.9 Å². The molecule has 2 aromatic carbocycles. The molecule has 0 atom stereocenters. The Kier molecular flexibility index (Phi) is 3.48. The normalized spacial score (nSPS) is 10.4. The minimum atomic E-state index is -0.237. The Balaban J connectivity index is 2.40. The summed E-state index contributed by atoms with van der Waals surface area (Å²) < 4.78 is 19.9. The molecule has 0 amide bonds. The molecule has 3 heteroatoms. The van der Waals surface area contributed by atoms with Crippen molar-refractivity contribution in [1.29, 1.82) is 0 Å². The Morgan fingerprint density at radius 3 is 2.24 bits per heavy atom. The van der Waals surface area contributed by atoms with Crippen LogP contribution in [-0.4, -0.2) is 0 Å². The minimum absolute atomic E-state index is 0.237. The van der Waals surface area contributed by atoms with Crippen molar-refractivity contribution in [1.82, 2.24) is 0 Å². The summed E-state index contributed by atoms with van der Waals surface area (Å²) in [4.78, 5) is 0. The van der Waals surface area contributed by atoms with Gasteiger partial charge in [-0.1, -0.05) is 12.1 Å². The summed E-state index contributed by atoms with van der Waals surface area (Å²) in [5.74, 6) is 1.20. The highest BCUT2D eigenvalue weighted by atomic mass is 79.9. The number of para-hydroxylation sites is 1. The van der Waals surface area contributed by atoms with Crippen LogP contribution in [0, 0.1) is 19.7 Å². The highest BCUT2D eigenvalue weighted by molar-refractivity contribution is 9.10. The fourth-order valence-corrected chi connectivity index (χ4v) is 2.06. The molecule has 0 aliphatic heterocycles. The van der Waals surface area contributed by atoms with Crippen LogP contribution in [0.3, 0.4) is 0 Å². The van der Waals surface area contributed by atoms with Crippen LogP contribution in [0.15, 0.2) is 40.9 Å². The van der Waals surface area contributed by atoms with Gasteiger partial charge < -0.3 is 4.74 Å². The summed E-state index contributed by atoms with van der Waals surface area (Å²) in [6, 6.07) is 10.5. The van der Waals surface area contributed by atoms with Gasteiger partial charge in [-0.3, -0.25) is 0 Å². The van der Waals surface area contributed by atoms with Crippen molar-refractivity contribution < 1.29 is 9.13 Å². The first-order chi connectivity index (χ1) is 8.08. The first-order valence-electron chi connectivity index (χ1n) is 5.27. The number of rotatable bonds is 2. The van der Waals surface area contributed by atoms with E-state index in [4.69, 9.17) is 4.74 Å². The van der Waals surface area contributed by atoms with E-state index in [0.717, 1.165) is 21.3 Å². The topological polar surface area (TPSA) is 9.23 Å². The molecule has 0 aliphatic rings. The summed E-state index contributed by atoms with van der Waals surface area (Å²) >= 11 is 3.42. The van der Waals surface area contributed by atoms with Gasteiger partial charge >= 0.3 is 0 Å². The first-order valence-corrected chi connectivity index (χ1v) is 6.06. The Morgan fingerprint density at radius 1 is 1.06 bits per heavy atom. The molecule has 0 unspecified atom stereocenters. The fraction of sp³-hybridized carbons (Fsp3) is 0.143. The molecule has 0 saturated carbocycles. The molecule has 0 heterocycles. The number of hydrogen-bond donors (Lipinski definition) is 0. The van der Waals surface area contributed by atoms with Crippen LogP contribution in [-0.2, 0) is 0 Å². The van der Waals surface area contributed by atoms with Crippen molar-refractivity contribution in [3.63, 3.8) is 0 Å². The number of benzene rings is 2. The Labute approximate surface area is 108 Å². The highest BCUT2D eigenvalue weighted by Gasteiger charge is 2.09. The van der Waals surface area contributed by atoms with E-state index in [0.29, 0.717) is 5.75 Å². The average molecular weight is 295 g/mol. The second kappa shape index (κ2) is 4.88. The van der Waals surface area contributed by atoms with Gasteiger partial charge in [0.15, 0.2) is 0 Å². The van der Waals surface area contributed by atoms with Crippen molar-refractivity contribution in [2.75, 3.05) is 0 Å². The van der Waals surface area contributed by atoms with E-state index in [1.165, 1.54) is 12.1 Å². The zero-order valence-electron chi connectivity index (χ0n) is 9.63. The molecule has 1 nitrogen and oxygen atoms in total. The summed E-state index contributed by atoms with van der Waals surface area (Å²) in [5, 5.41) is 0. The van der Waals surface area contributed by atoms with Gasteiger partial charge in [-0.15, -0.1) is 0 Å². The third-order valence-electron chi connectivity index (χ3n) is 2.47. The molecular formula is C14H12BrFO. The molecular weight excluding hydrogens is 283 g/mol. The minimum Gasteiger partial charge on any atom is -0.456 e. The third-order valence-corrected chi connectivity index (χ3v) is 3.13. The molecule has 0 aromatic heterocycles. The van der Waals surface area contributed by atoms with Crippen LogP contribution in [0.5, 0.6) is 11.5 Å². The predicted octanol–water partition coefficient (Wildman–Crippen LogP) is 5.00. The van der Waals surface area contributed by atoms with Gasteiger partial charge in [-0.2, -0.15) is 0 Å². The smallest absolute Gasteiger partial charge is 0.141 e. The van der Waals surface area contributed by atoms with E-state index >= 15 is 0 Å². The fourth-order valence-electron chi connectivity index (χ4n) is 1.70. The largest absolute Gasteiger partial charge is 0.456 e. The van der Waals surface area contributed by atoms with E-state index in [-0.39, 0.29) is 5.82 Å². The number of halogens is 2. The van der Waals surface area contributed by atoms with Crippen LogP contribution in [0.2, 0.25) is 0 Å². The lowest BCUT2D eigenvalue weighted by atomic mass is 10.1. The van der Waals surface area contributed by atoms with Crippen molar-refractivity contribution in [2.24, 2.45) is 0 Å². The summed E-state index contributed by atoms with van der Waals surface area (Å²) in [5.41, 5.74) is 1.58. The molecule has 0 bridgehead atoms. The van der Waals surface area contributed by atoms with Crippen LogP contribution < -0.4 is 4.74 Å². The van der Waals surface area contributed by atoms with Gasteiger partial charge in [0.25, 0.3) is 0 Å². The van der Waals surface area contributed by atoms with Gasteiger partial charge in [0.2, 0.25) is 0 Å². The van der Waals surface area contributed by atoms with Crippen molar-refractivity contribution in [2.45, 2.75) is 13.8 Å². The van der Waals surface area contributed by atoms with E-state index in [2.05, 4.69) is 15.9 Å². The van der Waals surface area contributed by atoms with Crippen LogP contribution in [0.1, 0.15) is 11.1 Å². The van der Waals surface area contributed by atoms with Crippen molar-refractivity contribution in [3.05, 3.63) is 57.8 Å². The highest BCUT2D eigenvalue weighted by Crippen LogP contribution is 2.33. The maximum Gasteiger partial charge on any atom is 0.141 e. The maximum absolute atomic E-state index is 13.2. The van der Waals surface area contributed by atoms with Gasteiger partial charge in [-0.25, -0.2) is 4.39 Å². The molecule has 2 rings (SSSR count). The Hall–Kier alpha value is -1.35. The molecule has 0 fully saturated rings. The lowest BCUT2D eigenvalue weighted by Crippen LogP contribution is -1.93. The maximum atomic E-state index is 13.2. The van der Waals surface area contributed by atoms with Crippen molar-refractivity contribution in [3.8, 4) is 11.5 Å². The zero-order chi connectivity index (χ0) is 12.4. The molecule has 2 aromatic rings. The number of hydrogen-bond acceptors (Lipinski definition) is 1. The van der Waals surface area contributed by atoms with Crippen LogP contribution in [0.25, 0.3) is 0 Å². The summed E-state index contributed by atoms with van der Waals surface area (Å²) in [6.07, 6.45) is 0. The van der Waals surface area contributed by atoms with Gasteiger partial charge in [0.05, 0.1) is 4.47 Å². The van der Waals surface area contributed by atoms with Gasteiger partial charge in [-0.05, 0) is 65.2 Å². The van der Waals surface area contributed by atoms with E-state index < -0.39 is 0 Å². The van der Waals surface area contributed by atoms with E-state index in [1.54, 1.807) is 0 Å². The van der Waals surface area contributed by atoms with E-state index in [9.17, 15) is 4.39 Å². The Morgan fingerprint density at radius 2 is 1.65 bits per heavy atom. The molecule has 17 heavy (non-hydrogen) atoms. The second-order valence-electron chi connectivity index (χ2n) is 3.90. The molecule has 0 spiro atoms. The lowest BCUT2D eigenvalue weighted by Gasteiger charge is -2.12. The third kappa shape index (κ3) is 2.67. The SMILES string of the molecule is Cc1cc(F)cc(C)c1Oc1ccccc1Br. The standard InChI is InChI=1S/C14H12BrFO/c1-9-7-11(16)8-10(2)14(9)17-13-6-4-3-5-12(13)15/h3-8H,1-2H3. The lowest BCUT2D eigenvalue weighted by molar-refractivity contribution is 0.469. The predicted molar refractivity (Wildman–Crippen MR) is 70.1 cm³/mol. The number of ether oxygens (including phenoxy) is 1. The number of aryl methyl sites for hydroxylation is 2. The molecule has 88 valence electrons. The molecule has 0 saturated heterocycles. The summed E-state index contributed by atoms with van der Waals surface area (Å²) in [6.45, 7) is 3.67. The van der Waals surface area contributed by atoms with Crippen molar-refractivity contribution >= 4 is 15.9 Å². The van der Waals surface area contributed by atoms with Gasteiger partial charge in [0, 0.05) is 0 Å². The van der Waals surface area contributed by atoms with E-state index in [1.807, 2.05) is 38.1 Å². The quantitative estimate of drug-likeness (QED) is 0.757. The molecule has 0 N–H and O–H groups in total. The average Bonchev–Trinajstić information content (AvgIpc) is 2.25. The first kappa shape index (κ1) is 12.1. The zero-order valence-corrected chi connectivity index (χ0v) is 11.2. The molecule has 0 radical (unpaired) electrons. The van der Waals surface area contributed by atoms with Crippen LogP contribution in [0.4, 0.5) is 4.39 Å². The van der Waals surface area contributed by atoms with Gasteiger partial charge in [0.1, 0.15) is 17.3 Å². The monoisotopic (exact) mass is 294 g/mol. The second-order valence-corrected chi connectivity index (χ2v) is 4.76.